The number of rotatable bonds is 5. The molecule has 154 valence electrons. The minimum Gasteiger partial charge on any atom is -0.379 e. The van der Waals surface area contributed by atoms with E-state index < -0.39 is 10.0 Å². The van der Waals surface area contributed by atoms with E-state index in [2.05, 4.69) is 5.32 Å². The molecule has 1 N–H and O–H groups in total. The number of sulfonamides is 1. The van der Waals surface area contributed by atoms with Crippen LogP contribution in [0.5, 0.6) is 0 Å². The second-order valence-electron chi connectivity index (χ2n) is 6.83. The molecule has 2 aromatic rings. The highest BCUT2D eigenvalue weighted by Crippen LogP contribution is 2.24. The third kappa shape index (κ3) is 5.25. The molecule has 2 aromatic carbocycles. The number of aryl methyl sites for hydroxylation is 2. The average molecular weight is 435 g/mol. The summed E-state index contributed by atoms with van der Waals surface area (Å²) in [6.07, 6.45) is 3.04. The molecule has 1 aliphatic heterocycles. The highest BCUT2D eigenvalue weighted by atomic mass is 35.5. The Bertz CT molecular complexity index is 1040. The van der Waals surface area contributed by atoms with Gasteiger partial charge in [-0.25, -0.2) is 8.42 Å². The van der Waals surface area contributed by atoms with Crippen LogP contribution in [0.25, 0.3) is 6.08 Å². The number of nitrogens with one attached hydrogen (secondary N) is 1. The number of halogens is 1. The van der Waals surface area contributed by atoms with Gasteiger partial charge >= 0.3 is 0 Å². The van der Waals surface area contributed by atoms with Crippen molar-refractivity contribution >= 4 is 39.3 Å². The lowest BCUT2D eigenvalue weighted by Gasteiger charge is -2.26. The molecule has 8 heteroatoms. The van der Waals surface area contributed by atoms with Crippen LogP contribution in [-0.2, 0) is 19.6 Å². The van der Waals surface area contributed by atoms with Gasteiger partial charge in [-0.1, -0.05) is 29.8 Å². The maximum atomic E-state index is 12.9. The van der Waals surface area contributed by atoms with E-state index in [9.17, 15) is 13.2 Å². The first-order valence-electron chi connectivity index (χ1n) is 9.21. The predicted molar refractivity (Wildman–Crippen MR) is 115 cm³/mol. The van der Waals surface area contributed by atoms with Crippen LogP contribution in [0.1, 0.15) is 16.7 Å². The molecule has 1 heterocycles. The second kappa shape index (κ2) is 9.09. The zero-order valence-corrected chi connectivity index (χ0v) is 17.9. The first-order chi connectivity index (χ1) is 13.8. The lowest BCUT2D eigenvalue weighted by atomic mass is 10.1. The Morgan fingerprint density at radius 3 is 2.48 bits per heavy atom. The van der Waals surface area contributed by atoms with Crippen molar-refractivity contribution in [2.45, 2.75) is 18.7 Å². The van der Waals surface area contributed by atoms with Crippen LogP contribution >= 0.6 is 11.6 Å². The lowest BCUT2D eigenvalue weighted by Crippen LogP contribution is -2.40. The van der Waals surface area contributed by atoms with Crippen molar-refractivity contribution in [1.29, 1.82) is 0 Å². The summed E-state index contributed by atoms with van der Waals surface area (Å²) in [6, 6.07) is 10.4. The fraction of sp³-hybridized carbons (Fsp3) is 0.286. The van der Waals surface area contributed by atoms with Crippen molar-refractivity contribution in [2.24, 2.45) is 0 Å². The summed E-state index contributed by atoms with van der Waals surface area (Å²) in [5, 5.41) is 3.34. The molecule has 0 atom stereocenters. The minimum absolute atomic E-state index is 0.187. The van der Waals surface area contributed by atoms with Crippen LogP contribution in [0.15, 0.2) is 47.4 Å². The molecule has 0 unspecified atom stereocenters. The monoisotopic (exact) mass is 434 g/mol. The molecule has 0 spiro atoms. The van der Waals surface area contributed by atoms with Gasteiger partial charge in [0.05, 0.1) is 18.1 Å². The highest BCUT2D eigenvalue weighted by molar-refractivity contribution is 7.89. The fourth-order valence-corrected chi connectivity index (χ4v) is 4.80. The third-order valence-corrected chi connectivity index (χ3v) is 7.11. The minimum atomic E-state index is -3.65. The van der Waals surface area contributed by atoms with Crippen LogP contribution in [0.4, 0.5) is 5.69 Å². The highest BCUT2D eigenvalue weighted by Gasteiger charge is 2.28. The number of morpholine rings is 1. The summed E-state index contributed by atoms with van der Waals surface area (Å²) < 4.78 is 32.5. The van der Waals surface area contributed by atoms with Crippen molar-refractivity contribution in [3.05, 3.63) is 64.2 Å². The zero-order chi connectivity index (χ0) is 21.0. The molecule has 0 aliphatic carbocycles. The first-order valence-corrected chi connectivity index (χ1v) is 11.0. The number of benzene rings is 2. The topological polar surface area (TPSA) is 75.7 Å². The number of ether oxygens (including phenoxy) is 1. The van der Waals surface area contributed by atoms with Gasteiger partial charge in [-0.15, -0.1) is 0 Å². The SMILES string of the molecule is Cc1ccc(/C=C/C(=O)Nc2ccc(C)c(S(=O)(=O)N3CCOCC3)c2)cc1Cl. The maximum Gasteiger partial charge on any atom is 0.248 e. The average Bonchev–Trinajstić information content (AvgIpc) is 2.71. The molecule has 3 rings (SSSR count). The van der Waals surface area contributed by atoms with Crippen LogP contribution in [0.3, 0.4) is 0 Å². The van der Waals surface area contributed by atoms with Crippen molar-refractivity contribution in [2.75, 3.05) is 31.6 Å². The predicted octanol–water partition coefficient (Wildman–Crippen LogP) is 3.63. The van der Waals surface area contributed by atoms with E-state index in [1.54, 1.807) is 31.2 Å². The molecule has 6 nitrogen and oxygen atoms in total. The second-order valence-corrected chi connectivity index (χ2v) is 9.14. The zero-order valence-electron chi connectivity index (χ0n) is 16.3. The van der Waals surface area contributed by atoms with E-state index in [0.29, 0.717) is 42.6 Å². The fourth-order valence-electron chi connectivity index (χ4n) is 2.95. The van der Waals surface area contributed by atoms with Crippen LogP contribution < -0.4 is 5.32 Å². The molecule has 29 heavy (non-hydrogen) atoms. The molecular formula is C21H23ClN2O4S. The standard InChI is InChI=1S/C21H23ClN2O4S/c1-15-3-5-17(13-19(15)22)6-8-21(25)23-18-7-4-16(2)20(14-18)29(26,27)24-9-11-28-12-10-24/h3-8,13-14H,9-12H2,1-2H3,(H,23,25)/b8-6+. The van der Waals surface area contributed by atoms with Crippen LogP contribution in [0, 0.1) is 13.8 Å². The molecule has 1 amide bonds. The van der Waals surface area contributed by atoms with Gasteiger partial charge < -0.3 is 10.1 Å². The molecule has 0 saturated carbocycles. The molecule has 1 saturated heterocycles. The Morgan fingerprint density at radius 2 is 1.79 bits per heavy atom. The summed E-state index contributed by atoms with van der Waals surface area (Å²) in [5.41, 5.74) is 2.80. The number of carbonyl (C=O) groups is 1. The van der Waals surface area contributed by atoms with E-state index in [1.807, 2.05) is 19.1 Å². The van der Waals surface area contributed by atoms with Gasteiger partial charge in [0.15, 0.2) is 0 Å². The largest absolute Gasteiger partial charge is 0.379 e. The van der Waals surface area contributed by atoms with Gasteiger partial charge in [-0.2, -0.15) is 4.31 Å². The van der Waals surface area contributed by atoms with Crippen molar-refractivity contribution < 1.29 is 17.9 Å². The Hall–Kier alpha value is -2.19. The van der Waals surface area contributed by atoms with E-state index in [1.165, 1.54) is 16.4 Å². The molecule has 0 radical (unpaired) electrons. The quantitative estimate of drug-likeness (QED) is 0.729. The number of amides is 1. The van der Waals surface area contributed by atoms with Crippen LogP contribution in [-0.4, -0.2) is 44.9 Å². The Kier molecular flexibility index (Phi) is 6.74. The number of carbonyl (C=O) groups excluding carboxylic acids is 1. The van der Waals surface area contributed by atoms with Gasteiger partial charge in [-0.3, -0.25) is 4.79 Å². The number of anilines is 1. The normalized spacial score (nSPS) is 15.6. The maximum absolute atomic E-state index is 12.9. The van der Waals surface area contributed by atoms with Crippen LogP contribution in [0.2, 0.25) is 5.02 Å². The number of hydrogen-bond donors (Lipinski definition) is 1. The Morgan fingerprint density at radius 1 is 1.10 bits per heavy atom. The molecule has 1 fully saturated rings. The van der Waals surface area contributed by atoms with E-state index in [0.717, 1.165) is 11.1 Å². The number of nitrogens with zero attached hydrogens (tertiary/aromatic N) is 1. The molecule has 0 bridgehead atoms. The summed E-state index contributed by atoms with van der Waals surface area (Å²) in [5.74, 6) is -0.361. The summed E-state index contributed by atoms with van der Waals surface area (Å²) >= 11 is 6.09. The van der Waals surface area contributed by atoms with Gasteiger partial charge in [0.1, 0.15) is 0 Å². The summed E-state index contributed by atoms with van der Waals surface area (Å²) in [4.78, 5) is 12.5. The van der Waals surface area contributed by atoms with Gasteiger partial charge in [0, 0.05) is 29.9 Å². The summed E-state index contributed by atoms with van der Waals surface area (Å²) in [7, 11) is -3.65. The lowest BCUT2D eigenvalue weighted by molar-refractivity contribution is -0.111. The van der Waals surface area contributed by atoms with E-state index in [-0.39, 0.29) is 10.8 Å². The third-order valence-electron chi connectivity index (χ3n) is 4.67. The van der Waals surface area contributed by atoms with Crippen molar-refractivity contribution in [1.82, 2.24) is 4.31 Å². The van der Waals surface area contributed by atoms with Gasteiger partial charge in [-0.05, 0) is 54.8 Å². The van der Waals surface area contributed by atoms with Gasteiger partial charge in [0.25, 0.3) is 0 Å². The Labute approximate surface area is 176 Å². The Balaban J connectivity index is 1.76. The first kappa shape index (κ1) is 21.5. The van der Waals surface area contributed by atoms with E-state index >= 15 is 0 Å². The smallest absolute Gasteiger partial charge is 0.248 e. The van der Waals surface area contributed by atoms with Crippen molar-refractivity contribution in [3.63, 3.8) is 0 Å². The summed E-state index contributed by atoms with van der Waals surface area (Å²) in [6.45, 7) is 5.04. The van der Waals surface area contributed by atoms with Gasteiger partial charge in [0.2, 0.25) is 15.9 Å². The molecular weight excluding hydrogens is 412 g/mol. The molecule has 1 aliphatic rings. The van der Waals surface area contributed by atoms with E-state index in [4.69, 9.17) is 16.3 Å². The number of hydrogen-bond acceptors (Lipinski definition) is 4. The van der Waals surface area contributed by atoms with Crippen molar-refractivity contribution in [3.8, 4) is 0 Å². The molecule has 0 aromatic heterocycles.